The molecule has 0 fully saturated rings. The zero-order valence-corrected chi connectivity index (χ0v) is 9.81. The quantitative estimate of drug-likeness (QED) is 0.763. The number of halogens is 3. The summed E-state index contributed by atoms with van der Waals surface area (Å²) < 4.78 is 43.1. The number of ketones is 1. The highest BCUT2D eigenvalue weighted by molar-refractivity contribution is 5.97. The molecule has 0 saturated heterocycles. The highest BCUT2D eigenvalue weighted by Crippen LogP contribution is 2.36. The summed E-state index contributed by atoms with van der Waals surface area (Å²) >= 11 is 0. The molecule has 0 aliphatic rings. The Kier molecular flexibility index (Phi) is 3.80. The van der Waals surface area contributed by atoms with Crippen LogP contribution in [-0.4, -0.2) is 12.9 Å². The highest BCUT2D eigenvalue weighted by Gasteiger charge is 2.34. The minimum absolute atomic E-state index is 0.0398. The molecule has 0 N–H and O–H groups in total. The highest BCUT2D eigenvalue weighted by atomic mass is 19.4. The zero-order chi connectivity index (χ0) is 13.2. The minimum Gasteiger partial charge on any atom is -0.496 e. The normalized spacial score (nSPS) is 11.4. The average molecular weight is 246 g/mol. The number of rotatable bonds is 3. The monoisotopic (exact) mass is 246 g/mol. The molecule has 94 valence electrons. The fourth-order valence-electron chi connectivity index (χ4n) is 1.63. The molecule has 0 saturated carbocycles. The lowest BCUT2D eigenvalue weighted by Gasteiger charge is -2.15. The lowest BCUT2D eigenvalue weighted by molar-refractivity contribution is -0.138. The maximum Gasteiger partial charge on any atom is 0.416 e. The van der Waals surface area contributed by atoms with Gasteiger partial charge in [0.05, 0.1) is 18.2 Å². The van der Waals surface area contributed by atoms with Crippen LogP contribution >= 0.6 is 0 Å². The van der Waals surface area contributed by atoms with Crippen molar-refractivity contribution in [3.8, 4) is 5.75 Å². The molecule has 1 aromatic rings. The molecule has 1 aromatic carbocycles. The largest absolute Gasteiger partial charge is 0.496 e. The number of hydrogen-bond acceptors (Lipinski definition) is 2. The second kappa shape index (κ2) is 4.77. The summed E-state index contributed by atoms with van der Waals surface area (Å²) in [6.07, 6.45) is -4.23. The molecule has 0 aliphatic heterocycles. The van der Waals surface area contributed by atoms with Crippen LogP contribution in [0, 0.1) is 0 Å². The fourth-order valence-corrected chi connectivity index (χ4v) is 1.63. The van der Waals surface area contributed by atoms with Crippen molar-refractivity contribution in [2.75, 3.05) is 7.11 Å². The fraction of sp³-hybridized carbons (Fsp3) is 0.417. The molecule has 1 rings (SSSR count). The SMILES string of the molecule is CCc1cc(C(C)=O)c(OC)cc1C(F)(F)F. The maximum absolute atomic E-state index is 12.7. The van der Waals surface area contributed by atoms with Crippen LogP contribution in [0.15, 0.2) is 12.1 Å². The summed E-state index contributed by atoms with van der Waals surface area (Å²) in [5, 5.41) is 0. The molecule has 17 heavy (non-hydrogen) atoms. The Morgan fingerprint density at radius 3 is 2.29 bits per heavy atom. The Morgan fingerprint density at radius 2 is 1.94 bits per heavy atom. The number of aryl methyl sites for hydroxylation is 1. The Hall–Kier alpha value is -1.52. The molecule has 0 atom stereocenters. The van der Waals surface area contributed by atoms with Crippen molar-refractivity contribution in [3.63, 3.8) is 0 Å². The van der Waals surface area contributed by atoms with Gasteiger partial charge in [-0.05, 0) is 31.0 Å². The predicted octanol–water partition coefficient (Wildman–Crippen LogP) is 3.48. The lowest BCUT2D eigenvalue weighted by atomic mass is 9.98. The van der Waals surface area contributed by atoms with Gasteiger partial charge in [0, 0.05) is 0 Å². The van der Waals surface area contributed by atoms with Gasteiger partial charge in [-0.1, -0.05) is 6.92 Å². The van der Waals surface area contributed by atoms with E-state index in [1.54, 1.807) is 6.92 Å². The van der Waals surface area contributed by atoms with E-state index in [1.165, 1.54) is 20.1 Å². The molecule has 0 amide bonds. The number of Topliss-reactive ketones (excluding diaryl/α,β-unsaturated/α-hetero) is 1. The first-order valence-electron chi connectivity index (χ1n) is 5.10. The Morgan fingerprint density at radius 1 is 1.35 bits per heavy atom. The van der Waals surface area contributed by atoms with E-state index in [1.807, 2.05) is 0 Å². The first-order valence-corrected chi connectivity index (χ1v) is 5.10. The van der Waals surface area contributed by atoms with Crippen molar-refractivity contribution < 1.29 is 22.7 Å². The predicted molar refractivity (Wildman–Crippen MR) is 57.4 cm³/mol. The topological polar surface area (TPSA) is 26.3 Å². The average Bonchev–Trinajstić information content (AvgIpc) is 2.25. The van der Waals surface area contributed by atoms with Gasteiger partial charge in [-0.25, -0.2) is 0 Å². The van der Waals surface area contributed by atoms with Gasteiger partial charge < -0.3 is 4.74 Å². The first kappa shape index (κ1) is 13.5. The van der Waals surface area contributed by atoms with Crippen molar-refractivity contribution in [2.24, 2.45) is 0 Å². The van der Waals surface area contributed by atoms with Crippen molar-refractivity contribution in [3.05, 3.63) is 28.8 Å². The third-order valence-electron chi connectivity index (χ3n) is 2.49. The summed E-state index contributed by atoms with van der Waals surface area (Å²) in [7, 11) is 1.24. The molecular weight excluding hydrogens is 233 g/mol. The molecule has 0 spiro atoms. The molecule has 0 heterocycles. The number of alkyl halides is 3. The zero-order valence-electron chi connectivity index (χ0n) is 9.81. The molecule has 5 heteroatoms. The van der Waals surface area contributed by atoms with Crippen LogP contribution in [0.3, 0.4) is 0 Å². The van der Waals surface area contributed by atoms with Gasteiger partial charge in [-0.15, -0.1) is 0 Å². The van der Waals surface area contributed by atoms with Gasteiger partial charge in [-0.2, -0.15) is 13.2 Å². The van der Waals surface area contributed by atoms with Gasteiger partial charge in [-0.3, -0.25) is 4.79 Å². The van der Waals surface area contributed by atoms with Gasteiger partial charge in [0.25, 0.3) is 0 Å². The lowest BCUT2D eigenvalue weighted by Crippen LogP contribution is -2.11. The van der Waals surface area contributed by atoms with Crippen LogP contribution in [0.2, 0.25) is 0 Å². The van der Waals surface area contributed by atoms with Crippen LogP contribution in [0.4, 0.5) is 13.2 Å². The number of carbonyl (C=O) groups excluding carboxylic acids is 1. The number of carbonyl (C=O) groups is 1. The second-order valence-electron chi connectivity index (χ2n) is 3.62. The van der Waals surface area contributed by atoms with Crippen LogP contribution in [-0.2, 0) is 12.6 Å². The van der Waals surface area contributed by atoms with Gasteiger partial charge in [0.2, 0.25) is 0 Å². The van der Waals surface area contributed by atoms with E-state index < -0.39 is 11.7 Å². The number of hydrogen-bond donors (Lipinski definition) is 0. The van der Waals surface area contributed by atoms with E-state index in [0.717, 1.165) is 6.07 Å². The summed E-state index contributed by atoms with van der Waals surface area (Å²) in [6.45, 7) is 2.91. The van der Waals surface area contributed by atoms with Crippen LogP contribution in [0.5, 0.6) is 5.75 Å². The Labute approximate surface area is 97.4 Å². The number of methoxy groups -OCH3 is 1. The minimum atomic E-state index is -4.44. The summed E-state index contributed by atoms with van der Waals surface area (Å²) in [5.74, 6) is -0.354. The third kappa shape index (κ3) is 2.78. The van der Waals surface area contributed by atoms with Crippen molar-refractivity contribution in [1.29, 1.82) is 0 Å². The summed E-state index contributed by atoms with van der Waals surface area (Å²) in [4.78, 5) is 11.3. The summed E-state index contributed by atoms with van der Waals surface area (Å²) in [5.41, 5.74) is -0.470. The molecular formula is C12H13F3O2. The second-order valence-corrected chi connectivity index (χ2v) is 3.62. The number of benzene rings is 1. The molecule has 2 nitrogen and oxygen atoms in total. The van der Waals surface area contributed by atoms with E-state index in [4.69, 9.17) is 4.74 Å². The van der Waals surface area contributed by atoms with Crippen LogP contribution < -0.4 is 4.74 Å². The van der Waals surface area contributed by atoms with Gasteiger partial charge in [0.1, 0.15) is 5.75 Å². The van der Waals surface area contributed by atoms with E-state index >= 15 is 0 Å². The smallest absolute Gasteiger partial charge is 0.416 e. The van der Waals surface area contributed by atoms with E-state index in [9.17, 15) is 18.0 Å². The van der Waals surface area contributed by atoms with E-state index in [0.29, 0.717) is 0 Å². The summed E-state index contributed by atoms with van der Waals surface area (Å²) in [6, 6.07) is 2.14. The number of ether oxygens (including phenoxy) is 1. The Bertz CT molecular complexity index is 436. The van der Waals surface area contributed by atoms with Crippen molar-refractivity contribution in [2.45, 2.75) is 26.4 Å². The van der Waals surface area contributed by atoms with Crippen LogP contribution in [0.25, 0.3) is 0 Å². The van der Waals surface area contributed by atoms with Crippen molar-refractivity contribution in [1.82, 2.24) is 0 Å². The van der Waals surface area contributed by atoms with Gasteiger partial charge >= 0.3 is 6.18 Å². The van der Waals surface area contributed by atoms with E-state index in [-0.39, 0.29) is 29.1 Å². The molecule has 0 aliphatic carbocycles. The standard InChI is InChI=1S/C12H13F3O2/c1-4-8-5-9(7(2)16)11(17-3)6-10(8)12(13,14)15/h5-6H,4H2,1-3H3. The van der Waals surface area contributed by atoms with E-state index in [2.05, 4.69) is 0 Å². The third-order valence-corrected chi connectivity index (χ3v) is 2.49. The maximum atomic E-state index is 12.7. The van der Waals surface area contributed by atoms with Crippen LogP contribution in [0.1, 0.15) is 35.3 Å². The molecule has 0 unspecified atom stereocenters. The molecule has 0 radical (unpaired) electrons. The molecule has 0 bridgehead atoms. The molecule has 0 aromatic heterocycles. The Balaban J connectivity index is 3.49. The first-order chi connectivity index (χ1) is 7.81. The van der Waals surface area contributed by atoms with Gasteiger partial charge in [0.15, 0.2) is 5.78 Å². The van der Waals surface area contributed by atoms with Crippen molar-refractivity contribution >= 4 is 5.78 Å².